The molecule has 0 fully saturated rings. The number of hydrogen-bond acceptors (Lipinski definition) is 1. The van der Waals surface area contributed by atoms with Crippen LogP contribution in [0.4, 0.5) is 13.2 Å². The number of rotatable bonds is 2. The van der Waals surface area contributed by atoms with Crippen LogP contribution in [0.1, 0.15) is 11.1 Å². The van der Waals surface area contributed by atoms with Gasteiger partial charge in [0.05, 0.1) is 11.6 Å². The fraction of sp³-hybridized carbons (Fsp3) is 0.222. The fourth-order valence-electron chi connectivity index (χ4n) is 0.866. The van der Waals surface area contributed by atoms with Gasteiger partial charge in [-0.1, -0.05) is 12.1 Å². The summed E-state index contributed by atoms with van der Waals surface area (Å²) < 4.78 is 37.1. The molecule has 68 valence electrons. The van der Waals surface area contributed by atoms with Crippen molar-refractivity contribution in [2.24, 2.45) is 0 Å². The van der Waals surface area contributed by atoms with Crippen LogP contribution in [0.2, 0.25) is 0 Å². The van der Waals surface area contributed by atoms with Gasteiger partial charge in [0, 0.05) is 5.56 Å². The molecule has 0 atom stereocenters. The lowest BCUT2D eigenvalue weighted by Gasteiger charge is -2.11. The first-order chi connectivity index (χ1) is 6.10. The standard InChI is InChI=1S/C9H6F3N/c10-6-9(11,12)8-3-1-7(5-13)2-4-8/h1-4H,6H2. The molecule has 0 aliphatic carbocycles. The van der Waals surface area contributed by atoms with Crippen molar-refractivity contribution < 1.29 is 13.2 Å². The molecule has 0 saturated carbocycles. The molecule has 0 bridgehead atoms. The lowest BCUT2D eigenvalue weighted by Crippen LogP contribution is -2.15. The summed E-state index contributed by atoms with van der Waals surface area (Å²) in [6.07, 6.45) is 0. The van der Waals surface area contributed by atoms with Crippen LogP contribution in [0.25, 0.3) is 0 Å². The third-order valence-corrected chi connectivity index (χ3v) is 1.60. The predicted molar refractivity (Wildman–Crippen MR) is 41.0 cm³/mol. The van der Waals surface area contributed by atoms with Crippen LogP contribution in [0.15, 0.2) is 24.3 Å². The Kier molecular flexibility index (Phi) is 2.57. The molecule has 1 nitrogen and oxygen atoms in total. The van der Waals surface area contributed by atoms with E-state index < -0.39 is 18.2 Å². The maximum Gasteiger partial charge on any atom is 0.301 e. The van der Waals surface area contributed by atoms with Crippen LogP contribution < -0.4 is 0 Å². The van der Waals surface area contributed by atoms with E-state index in [9.17, 15) is 13.2 Å². The van der Waals surface area contributed by atoms with Gasteiger partial charge in [0.25, 0.3) is 0 Å². The van der Waals surface area contributed by atoms with E-state index in [1.807, 2.05) is 0 Å². The minimum absolute atomic E-state index is 0.276. The summed E-state index contributed by atoms with van der Waals surface area (Å²) in [4.78, 5) is 0. The first kappa shape index (κ1) is 9.59. The number of nitrogens with zero attached hydrogens (tertiary/aromatic N) is 1. The number of halogens is 3. The molecule has 1 rings (SSSR count). The van der Waals surface area contributed by atoms with E-state index in [1.54, 1.807) is 6.07 Å². The molecule has 0 heterocycles. The van der Waals surface area contributed by atoms with Gasteiger partial charge < -0.3 is 0 Å². The normalized spacial score (nSPS) is 10.9. The molecular formula is C9H6F3N. The van der Waals surface area contributed by atoms with Crippen molar-refractivity contribution in [2.75, 3.05) is 6.67 Å². The minimum atomic E-state index is -3.45. The van der Waals surface area contributed by atoms with Crippen LogP contribution in [0.5, 0.6) is 0 Å². The topological polar surface area (TPSA) is 23.8 Å². The summed E-state index contributed by atoms with van der Waals surface area (Å²) in [5.74, 6) is -3.45. The molecule has 1 aromatic rings. The Morgan fingerprint density at radius 1 is 1.23 bits per heavy atom. The highest BCUT2D eigenvalue weighted by atomic mass is 19.3. The molecule has 0 aromatic heterocycles. The lowest BCUT2D eigenvalue weighted by atomic mass is 10.1. The van der Waals surface area contributed by atoms with Crippen molar-refractivity contribution in [1.82, 2.24) is 0 Å². The molecule has 0 radical (unpaired) electrons. The van der Waals surface area contributed by atoms with Crippen molar-refractivity contribution in [2.45, 2.75) is 5.92 Å². The highest BCUT2D eigenvalue weighted by Crippen LogP contribution is 2.28. The molecular weight excluding hydrogens is 179 g/mol. The van der Waals surface area contributed by atoms with Gasteiger partial charge in [-0.05, 0) is 12.1 Å². The quantitative estimate of drug-likeness (QED) is 0.694. The third kappa shape index (κ3) is 2.00. The van der Waals surface area contributed by atoms with Gasteiger partial charge in [-0.25, -0.2) is 4.39 Å². The van der Waals surface area contributed by atoms with Gasteiger partial charge in [0.15, 0.2) is 6.67 Å². The number of benzene rings is 1. The van der Waals surface area contributed by atoms with Crippen molar-refractivity contribution in [3.05, 3.63) is 35.4 Å². The summed E-state index contributed by atoms with van der Waals surface area (Å²) in [5.41, 5.74) is -0.132. The zero-order valence-electron chi connectivity index (χ0n) is 6.60. The van der Waals surface area contributed by atoms with E-state index in [4.69, 9.17) is 5.26 Å². The average molecular weight is 185 g/mol. The highest BCUT2D eigenvalue weighted by molar-refractivity contribution is 5.33. The Labute approximate surface area is 73.4 Å². The Morgan fingerprint density at radius 2 is 1.77 bits per heavy atom. The van der Waals surface area contributed by atoms with E-state index in [0.717, 1.165) is 12.1 Å². The second-order valence-electron chi connectivity index (χ2n) is 2.53. The Morgan fingerprint density at radius 3 is 2.15 bits per heavy atom. The first-order valence-electron chi connectivity index (χ1n) is 3.54. The molecule has 0 spiro atoms. The van der Waals surface area contributed by atoms with Gasteiger partial charge in [-0.15, -0.1) is 0 Å². The smallest absolute Gasteiger partial charge is 0.244 e. The van der Waals surface area contributed by atoms with Crippen LogP contribution in [-0.2, 0) is 5.92 Å². The first-order valence-corrected chi connectivity index (χ1v) is 3.54. The molecule has 0 aliphatic heterocycles. The SMILES string of the molecule is N#Cc1ccc(C(F)(F)CF)cc1. The van der Waals surface area contributed by atoms with E-state index in [1.165, 1.54) is 12.1 Å². The monoisotopic (exact) mass is 185 g/mol. The second-order valence-corrected chi connectivity index (χ2v) is 2.53. The fourth-order valence-corrected chi connectivity index (χ4v) is 0.866. The third-order valence-electron chi connectivity index (χ3n) is 1.60. The largest absolute Gasteiger partial charge is 0.301 e. The molecule has 0 saturated heterocycles. The summed E-state index contributed by atoms with van der Waals surface area (Å²) in [7, 11) is 0. The van der Waals surface area contributed by atoms with Crippen molar-refractivity contribution >= 4 is 0 Å². The van der Waals surface area contributed by atoms with Gasteiger partial charge in [-0.2, -0.15) is 14.0 Å². The highest BCUT2D eigenvalue weighted by Gasteiger charge is 2.31. The molecule has 1 aromatic carbocycles. The van der Waals surface area contributed by atoms with E-state index in [-0.39, 0.29) is 5.56 Å². The van der Waals surface area contributed by atoms with Gasteiger partial charge in [0.1, 0.15) is 0 Å². The van der Waals surface area contributed by atoms with E-state index >= 15 is 0 Å². The Bertz CT molecular complexity index is 324. The summed E-state index contributed by atoms with van der Waals surface area (Å²) >= 11 is 0. The van der Waals surface area contributed by atoms with Crippen molar-refractivity contribution in [3.63, 3.8) is 0 Å². The molecule has 4 heteroatoms. The minimum Gasteiger partial charge on any atom is -0.244 e. The number of nitriles is 1. The number of alkyl halides is 3. The molecule has 0 aliphatic rings. The zero-order chi connectivity index (χ0) is 9.90. The lowest BCUT2D eigenvalue weighted by molar-refractivity contribution is -0.0280. The zero-order valence-corrected chi connectivity index (χ0v) is 6.60. The van der Waals surface area contributed by atoms with Crippen molar-refractivity contribution in [1.29, 1.82) is 5.26 Å². The summed E-state index contributed by atoms with van der Waals surface area (Å²) in [6.45, 7) is -1.72. The van der Waals surface area contributed by atoms with Crippen LogP contribution >= 0.6 is 0 Å². The maximum absolute atomic E-state index is 12.7. The summed E-state index contributed by atoms with van der Waals surface area (Å²) in [5, 5.41) is 8.38. The Balaban J connectivity index is 3.00. The van der Waals surface area contributed by atoms with Gasteiger partial charge in [-0.3, -0.25) is 0 Å². The van der Waals surface area contributed by atoms with Gasteiger partial charge in [0.2, 0.25) is 0 Å². The van der Waals surface area contributed by atoms with E-state index in [2.05, 4.69) is 0 Å². The predicted octanol–water partition coefficient (Wildman–Crippen LogP) is 2.62. The van der Waals surface area contributed by atoms with Crippen molar-refractivity contribution in [3.8, 4) is 6.07 Å². The van der Waals surface area contributed by atoms with Crippen LogP contribution in [0, 0.1) is 11.3 Å². The molecule has 0 amide bonds. The second kappa shape index (κ2) is 3.48. The van der Waals surface area contributed by atoms with Crippen LogP contribution in [-0.4, -0.2) is 6.67 Å². The molecule has 13 heavy (non-hydrogen) atoms. The maximum atomic E-state index is 12.7. The average Bonchev–Trinajstić information content (AvgIpc) is 2.18. The number of hydrogen-bond donors (Lipinski definition) is 0. The summed E-state index contributed by atoms with van der Waals surface area (Å²) in [6, 6.07) is 6.36. The van der Waals surface area contributed by atoms with E-state index in [0.29, 0.717) is 0 Å². The Hall–Kier alpha value is -1.50. The molecule has 0 N–H and O–H groups in total. The molecule has 0 unspecified atom stereocenters. The van der Waals surface area contributed by atoms with Crippen LogP contribution in [0.3, 0.4) is 0 Å². The van der Waals surface area contributed by atoms with Gasteiger partial charge >= 0.3 is 5.92 Å².